The zero-order valence-electron chi connectivity index (χ0n) is 11.7. The Morgan fingerprint density at radius 3 is 2.35 bits per heavy atom. The van der Waals surface area contributed by atoms with E-state index in [0.29, 0.717) is 0 Å². The van der Waals surface area contributed by atoms with E-state index < -0.39 is 0 Å². The molecule has 1 unspecified atom stereocenters. The van der Waals surface area contributed by atoms with Crippen molar-refractivity contribution in [3.05, 3.63) is 65.8 Å². The second-order valence-electron chi connectivity index (χ2n) is 4.55. The molecule has 2 aliphatic rings. The maximum atomic E-state index is 2.99. The van der Waals surface area contributed by atoms with Crippen molar-refractivity contribution in [2.24, 2.45) is 0 Å². The van der Waals surface area contributed by atoms with Crippen LogP contribution in [0.2, 0.25) is 13.1 Å². The third-order valence-corrected chi connectivity index (χ3v) is 4.75. The molecule has 20 heavy (non-hydrogen) atoms. The summed E-state index contributed by atoms with van der Waals surface area (Å²) in [6.07, 6.45) is 14.6. The van der Waals surface area contributed by atoms with Gasteiger partial charge in [-0.1, -0.05) is 49.5 Å². The van der Waals surface area contributed by atoms with Crippen molar-refractivity contribution in [3.8, 4) is 0 Å². The molecule has 2 aliphatic carbocycles. The average molecular weight is 488 g/mol. The Bertz CT molecular complexity index is 457. The minimum absolute atomic E-state index is 0. The molecule has 0 bridgehead atoms. The first kappa shape index (κ1) is 22.4. The van der Waals surface area contributed by atoms with Crippen LogP contribution in [0, 0.1) is 6.08 Å². The fraction of sp³-hybridized carbons (Fsp3) is 0.250. The van der Waals surface area contributed by atoms with Gasteiger partial charge in [0.1, 0.15) is 0 Å². The molecule has 0 fully saturated rings. The molecule has 0 aliphatic heterocycles. The van der Waals surface area contributed by atoms with E-state index in [1.165, 1.54) is 11.1 Å². The van der Waals surface area contributed by atoms with Crippen LogP contribution in [0.5, 0.6) is 0 Å². The second-order valence-corrected chi connectivity index (χ2v) is 7.32. The summed E-state index contributed by atoms with van der Waals surface area (Å²) in [5.74, 6) is 0. The van der Waals surface area contributed by atoms with Crippen LogP contribution in [-0.2, 0) is 25.8 Å². The molecule has 0 heterocycles. The number of rotatable bonds is 1. The van der Waals surface area contributed by atoms with E-state index in [1.54, 1.807) is 0 Å². The average Bonchev–Trinajstić information content (AvgIpc) is 3.02. The van der Waals surface area contributed by atoms with Gasteiger partial charge in [0, 0.05) is 25.8 Å². The van der Waals surface area contributed by atoms with E-state index in [9.17, 15) is 0 Å². The van der Waals surface area contributed by atoms with Crippen LogP contribution in [0.25, 0.3) is 6.08 Å². The molecule has 1 aromatic rings. The van der Waals surface area contributed by atoms with Crippen LogP contribution in [0.1, 0.15) is 23.1 Å². The first-order valence-corrected chi connectivity index (χ1v) is 8.65. The van der Waals surface area contributed by atoms with E-state index >= 15 is 0 Å². The maximum Gasteiger partial charge on any atom is 0.0548 e. The van der Waals surface area contributed by atoms with Crippen molar-refractivity contribution in [2.75, 3.05) is 0 Å². The van der Waals surface area contributed by atoms with Gasteiger partial charge in [0.05, 0.1) is 8.80 Å². The van der Waals surface area contributed by atoms with Crippen LogP contribution in [0.4, 0.5) is 0 Å². The first-order valence-electron chi connectivity index (χ1n) is 6.08. The molecule has 0 N–H and O–H groups in total. The molecule has 1 aromatic carbocycles. The Labute approximate surface area is 155 Å². The zero-order chi connectivity index (χ0) is 12.1. The van der Waals surface area contributed by atoms with Crippen LogP contribution in [-0.4, -0.2) is 8.80 Å². The van der Waals surface area contributed by atoms with Gasteiger partial charge in [-0.15, -0.1) is 6.42 Å². The van der Waals surface area contributed by atoms with E-state index in [2.05, 4.69) is 61.7 Å². The number of allylic oxidation sites excluding steroid dienone is 5. The molecule has 0 amide bonds. The van der Waals surface area contributed by atoms with Crippen LogP contribution >= 0.6 is 0 Å². The summed E-state index contributed by atoms with van der Waals surface area (Å²) in [6, 6.07) is 8.72. The molecular formula is C16H18Cl2HfSi-3. The van der Waals surface area contributed by atoms with Gasteiger partial charge >= 0.3 is 0 Å². The molecule has 0 nitrogen and oxygen atoms in total. The Hall–Kier alpha value is 0.107. The van der Waals surface area contributed by atoms with Gasteiger partial charge in [0.25, 0.3) is 0 Å². The normalized spacial score (nSPS) is 16.4. The standard InChI is InChI=1S/C11H13Si.C5H5.2ClH.Hf/c1-12(2)11-8-7-9-5-3-4-6-10(9)11;1-2-4-5-3-1;;;/h3-8,11H,1-2H3;1-3H,4H2;2*1H;/q;-1;;;/p-2. The van der Waals surface area contributed by atoms with E-state index in [-0.39, 0.29) is 59.5 Å². The van der Waals surface area contributed by atoms with Gasteiger partial charge in [0.2, 0.25) is 0 Å². The minimum atomic E-state index is -0.211. The number of benzene rings is 1. The van der Waals surface area contributed by atoms with Crippen molar-refractivity contribution in [3.63, 3.8) is 0 Å². The molecule has 0 saturated carbocycles. The zero-order valence-corrected chi connectivity index (χ0v) is 17.8. The largest absolute Gasteiger partial charge is 1.00 e. The summed E-state index contributed by atoms with van der Waals surface area (Å²) in [7, 11) is -0.211. The third-order valence-electron chi connectivity index (χ3n) is 3.01. The first-order chi connectivity index (χ1) is 8.29. The van der Waals surface area contributed by atoms with Gasteiger partial charge in [-0.3, -0.25) is 6.08 Å². The summed E-state index contributed by atoms with van der Waals surface area (Å²) in [6.45, 7) is 4.75. The van der Waals surface area contributed by atoms with Crippen molar-refractivity contribution in [2.45, 2.75) is 25.1 Å². The summed E-state index contributed by atoms with van der Waals surface area (Å²) in [4.78, 5) is 0. The molecule has 0 saturated heterocycles. The SMILES string of the molecule is C[Si](C)C1C=Cc2ccccc21.[C-]1=CC=CC1.[Cl-].[Cl-].[Hf]. The fourth-order valence-electron chi connectivity index (χ4n) is 2.09. The summed E-state index contributed by atoms with van der Waals surface area (Å²) in [5, 5.41) is 0. The predicted octanol–water partition coefficient (Wildman–Crippen LogP) is -1.60. The minimum Gasteiger partial charge on any atom is -1.00 e. The second kappa shape index (κ2) is 11.7. The Kier molecular flexibility index (Phi) is 13.1. The summed E-state index contributed by atoms with van der Waals surface area (Å²) >= 11 is 0. The fourth-order valence-corrected chi connectivity index (χ4v) is 3.46. The van der Waals surface area contributed by atoms with Crippen molar-refractivity contribution < 1.29 is 50.7 Å². The quantitative estimate of drug-likeness (QED) is 0.331. The maximum absolute atomic E-state index is 2.99. The van der Waals surface area contributed by atoms with Gasteiger partial charge in [-0.25, -0.2) is 12.2 Å². The number of halogens is 2. The molecule has 4 heteroatoms. The smallest absolute Gasteiger partial charge is 0.0548 e. The Balaban J connectivity index is 0. The van der Waals surface area contributed by atoms with Gasteiger partial charge in [-0.2, -0.15) is 6.08 Å². The van der Waals surface area contributed by atoms with Gasteiger partial charge in [0.15, 0.2) is 0 Å². The summed E-state index contributed by atoms with van der Waals surface area (Å²) in [5.41, 5.74) is 3.70. The molecular weight excluding hydrogens is 470 g/mol. The van der Waals surface area contributed by atoms with E-state index in [0.717, 1.165) is 12.0 Å². The number of hydrogen-bond donors (Lipinski definition) is 0. The third kappa shape index (κ3) is 6.25. The Morgan fingerprint density at radius 1 is 1.15 bits per heavy atom. The van der Waals surface area contributed by atoms with Crippen molar-refractivity contribution >= 4 is 14.9 Å². The van der Waals surface area contributed by atoms with Crippen LogP contribution in [0.15, 0.2) is 48.6 Å². The van der Waals surface area contributed by atoms with Crippen LogP contribution in [0.3, 0.4) is 0 Å². The molecule has 3 rings (SSSR count). The van der Waals surface area contributed by atoms with Gasteiger partial charge < -0.3 is 24.8 Å². The number of fused-ring (bicyclic) bond motifs is 1. The predicted molar refractivity (Wildman–Crippen MR) is 77.3 cm³/mol. The van der Waals surface area contributed by atoms with Crippen molar-refractivity contribution in [1.29, 1.82) is 0 Å². The molecule has 1 radical (unpaired) electrons. The van der Waals surface area contributed by atoms with Crippen molar-refractivity contribution in [1.82, 2.24) is 0 Å². The number of hydrogen-bond acceptors (Lipinski definition) is 0. The van der Waals surface area contributed by atoms with Gasteiger partial charge in [-0.05, 0) is 16.7 Å². The summed E-state index contributed by atoms with van der Waals surface area (Å²) < 4.78 is 0. The molecule has 0 aromatic heterocycles. The molecule has 0 spiro atoms. The van der Waals surface area contributed by atoms with E-state index in [1.807, 2.05) is 12.2 Å². The monoisotopic (exact) mass is 488 g/mol. The van der Waals surface area contributed by atoms with E-state index in [4.69, 9.17) is 0 Å². The topological polar surface area (TPSA) is 0 Å². The van der Waals surface area contributed by atoms with Crippen LogP contribution < -0.4 is 24.8 Å². The Morgan fingerprint density at radius 2 is 1.85 bits per heavy atom. The molecule has 107 valence electrons. The molecule has 1 atom stereocenters.